The number of allylic oxidation sites excluding steroid dienone is 2. The Morgan fingerprint density at radius 3 is 2.24 bits per heavy atom. The number of nitrogens with one attached hydrogen (secondary N) is 1. The number of anilines is 2. The number of nitrogens with zero attached hydrogens (tertiary/aromatic N) is 3. The molecule has 178 valence electrons. The van der Waals surface area contributed by atoms with Gasteiger partial charge in [-0.3, -0.25) is 14.4 Å². The average Bonchev–Trinajstić information content (AvgIpc) is 2.89. The smallest absolute Gasteiger partial charge is 0.313 e. The third-order valence-electron chi connectivity index (χ3n) is 6.15. The normalized spacial score (nSPS) is 16.8. The third kappa shape index (κ3) is 5.88. The number of ketones is 1. The maximum Gasteiger partial charge on any atom is 0.313 e. The molecule has 2 aliphatic heterocycles. The number of rotatable bonds is 5. The standard InChI is InChI=1S/C26H30N4O4/c1-19(21-7-10-24(27-18-21)29-13-15-34-16-14-29)17-23(31)20-5-8-22(9-6-20)28-25(32)26(33)30-11-3-2-4-12-30/h5-10,17-18H,2-4,11-16H2,1H3,(H,28,32)/b19-17-. The summed E-state index contributed by atoms with van der Waals surface area (Å²) in [5.74, 6) is -0.393. The van der Waals surface area contributed by atoms with E-state index in [4.69, 9.17) is 4.74 Å². The van der Waals surface area contributed by atoms with Crippen LogP contribution in [0.2, 0.25) is 0 Å². The Bertz CT molecular complexity index is 1050. The van der Waals surface area contributed by atoms with Crippen LogP contribution in [0.3, 0.4) is 0 Å². The van der Waals surface area contributed by atoms with Gasteiger partial charge in [0, 0.05) is 43.6 Å². The van der Waals surface area contributed by atoms with Crippen molar-refractivity contribution in [1.29, 1.82) is 0 Å². The summed E-state index contributed by atoms with van der Waals surface area (Å²) in [7, 11) is 0. The highest BCUT2D eigenvalue weighted by atomic mass is 16.5. The zero-order chi connectivity index (χ0) is 23.9. The Balaban J connectivity index is 1.35. The van der Waals surface area contributed by atoms with Crippen molar-refractivity contribution in [2.24, 2.45) is 0 Å². The number of aromatic nitrogens is 1. The summed E-state index contributed by atoms with van der Waals surface area (Å²) in [6.45, 7) is 6.17. The molecular formula is C26H30N4O4. The molecule has 0 aliphatic carbocycles. The van der Waals surface area contributed by atoms with E-state index in [1.807, 2.05) is 19.1 Å². The Hall–Kier alpha value is -3.52. The summed E-state index contributed by atoms with van der Waals surface area (Å²) < 4.78 is 5.38. The highest BCUT2D eigenvalue weighted by Crippen LogP contribution is 2.19. The second kappa shape index (κ2) is 11.1. The minimum absolute atomic E-state index is 0.142. The van der Waals surface area contributed by atoms with E-state index in [2.05, 4.69) is 15.2 Å². The molecule has 8 nitrogen and oxygen atoms in total. The van der Waals surface area contributed by atoms with Crippen molar-refractivity contribution in [1.82, 2.24) is 9.88 Å². The molecule has 1 N–H and O–H groups in total. The van der Waals surface area contributed by atoms with Crippen LogP contribution in [0, 0.1) is 0 Å². The van der Waals surface area contributed by atoms with E-state index in [-0.39, 0.29) is 5.78 Å². The first-order chi connectivity index (χ1) is 16.5. The number of likely N-dealkylation sites (tertiary alicyclic amines) is 1. The van der Waals surface area contributed by atoms with E-state index >= 15 is 0 Å². The van der Waals surface area contributed by atoms with Crippen LogP contribution < -0.4 is 10.2 Å². The predicted octanol–water partition coefficient (Wildman–Crippen LogP) is 3.16. The summed E-state index contributed by atoms with van der Waals surface area (Å²) >= 11 is 0. The summed E-state index contributed by atoms with van der Waals surface area (Å²) in [5, 5.41) is 2.63. The topological polar surface area (TPSA) is 91.8 Å². The summed E-state index contributed by atoms with van der Waals surface area (Å²) in [6.07, 6.45) is 6.31. The minimum atomic E-state index is -0.648. The highest BCUT2D eigenvalue weighted by molar-refractivity contribution is 6.39. The van der Waals surface area contributed by atoms with Gasteiger partial charge >= 0.3 is 11.8 Å². The molecule has 8 heteroatoms. The average molecular weight is 463 g/mol. The van der Waals surface area contributed by atoms with Gasteiger partial charge in [0.1, 0.15) is 5.82 Å². The van der Waals surface area contributed by atoms with E-state index in [0.717, 1.165) is 49.3 Å². The number of carbonyl (C=O) groups is 3. The van der Waals surface area contributed by atoms with Crippen LogP contribution in [-0.2, 0) is 14.3 Å². The quantitative estimate of drug-likeness (QED) is 0.417. The fourth-order valence-electron chi connectivity index (χ4n) is 4.11. The lowest BCUT2D eigenvalue weighted by Gasteiger charge is -2.27. The first-order valence-electron chi connectivity index (χ1n) is 11.7. The van der Waals surface area contributed by atoms with Gasteiger partial charge in [0.25, 0.3) is 0 Å². The Morgan fingerprint density at radius 2 is 1.59 bits per heavy atom. The molecule has 2 amide bonds. The van der Waals surface area contributed by atoms with Gasteiger partial charge in [-0.25, -0.2) is 4.98 Å². The molecule has 2 aliphatic rings. The number of piperidine rings is 1. The molecule has 4 rings (SSSR count). The molecule has 2 fully saturated rings. The number of hydrogen-bond acceptors (Lipinski definition) is 6. The molecule has 0 spiro atoms. The first-order valence-corrected chi connectivity index (χ1v) is 11.7. The molecule has 0 unspecified atom stereocenters. The van der Waals surface area contributed by atoms with Gasteiger partial charge in [-0.1, -0.05) is 0 Å². The van der Waals surface area contributed by atoms with E-state index in [9.17, 15) is 14.4 Å². The SMILES string of the molecule is C/C(=C/C(=O)c1ccc(NC(=O)C(=O)N2CCCCC2)cc1)c1ccc(N2CCOCC2)nc1. The lowest BCUT2D eigenvalue weighted by atomic mass is 10.0. The van der Waals surface area contributed by atoms with Crippen molar-refractivity contribution in [3.05, 3.63) is 59.8 Å². The number of hydrogen-bond donors (Lipinski definition) is 1. The van der Waals surface area contributed by atoms with Crippen LogP contribution in [0.4, 0.5) is 11.5 Å². The van der Waals surface area contributed by atoms with E-state index < -0.39 is 11.8 Å². The van der Waals surface area contributed by atoms with Gasteiger partial charge in [-0.15, -0.1) is 0 Å². The molecule has 2 saturated heterocycles. The molecule has 2 aromatic rings. The molecule has 34 heavy (non-hydrogen) atoms. The zero-order valence-corrected chi connectivity index (χ0v) is 19.5. The number of pyridine rings is 1. The molecule has 0 saturated carbocycles. The van der Waals surface area contributed by atoms with Crippen LogP contribution in [0.25, 0.3) is 5.57 Å². The monoisotopic (exact) mass is 462 g/mol. The van der Waals surface area contributed by atoms with Crippen LogP contribution >= 0.6 is 0 Å². The molecular weight excluding hydrogens is 432 g/mol. The number of ether oxygens (including phenoxy) is 1. The molecule has 3 heterocycles. The third-order valence-corrected chi connectivity index (χ3v) is 6.15. The lowest BCUT2D eigenvalue weighted by molar-refractivity contribution is -0.143. The molecule has 0 atom stereocenters. The van der Waals surface area contributed by atoms with Crippen LogP contribution in [-0.4, -0.2) is 66.9 Å². The Kier molecular flexibility index (Phi) is 7.69. The van der Waals surface area contributed by atoms with Crippen LogP contribution in [0.15, 0.2) is 48.7 Å². The van der Waals surface area contributed by atoms with E-state index in [1.165, 1.54) is 0 Å². The number of morpholine rings is 1. The lowest BCUT2D eigenvalue weighted by Crippen LogP contribution is -2.42. The van der Waals surface area contributed by atoms with Crippen molar-refractivity contribution < 1.29 is 19.1 Å². The summed E-state index contributed by atoms with van der Waals surface area (Å²) in [4.78, 5) is 45.6. The van der Waals surface area contributed by atoms with Gasteiger partial charge in [-0.2, -0.15) is 0 Å². The highest BCUT2D eigenvalue weighted by Gasteiger charge is 2.23. The molecule has 1 aromatic carbocycles. The van der Waals surface area contributed by atoms with Gasteiger partial charge < -0.3 is 19.9 Å². The van der Waals surface area contributed by atoms with Crippen molar-refractivity contribution >= 4 is 34.7 Å². The van der Waals surface area contributed by atoms with Gasteiger partial charge in [-0.05, 0) is 79.8 Å². The maximum absolute atomic E-state index is 12.7. The van der Waals surface area contributed by atoms with E-state index in [1.54, 1.807) is 41.4 Å². The number of benzene rings is 1. The van der Waals surface area contributed by atoms with Crippen molar-refractivity contribution in [3.8, 4) is 0 Å². The fourth-order valence-corrected chi connectivity index (χ4v) is 4.11. The minimum Gasteiger partial charge on any atom is -0.378 e. The van der Waals surface area contributed by atoms with Crippen LogP contribution in [0.5, 0.6) is 0 Å². The zero-order valence-electron chi connectivity index (χ0n) is 19.5. The summed E-state index contributed by atoms with van der Waals surface area (Å²) in [6, 6.07) is 10.5. The van der Waals surface area contributed by atoms with E-state index in [0.29, 0.717) is 37.6 Å². The Labute approximate surface area is 199 Å². The van der Waals surface area contributed by atoms with Gasteiger partial charge in [0.15, 0.2) is 5.78 Å². The largest absolute Gasteiger partial charge is 0.378 e. The van der Waals surface area contributed by atoms with Crippen molar-refractivity contribution in [2.75, 3.05) is 49.6 Å². The number of amides is 2. The first kappa shape index (κ1) is 23.6. The van der Waals surface area contributed by atoms with Crippen molar-refractivity contribution in [2.45, 2.75) is 26.2 Å². The summed E-state index contributed by atoms with van der Waals surface area (Å²) in [5.41, 5.74) is 2.68. The molecule has 1 aromatic heterocycles. The van der Waals surface area contributed by atoms with Crippen molar-refractivity contribution in [3.63, 3.8) is 0 Å². The second-order valence-electron chi connectivity index (χ2n) is 8.58. The molecule has 0 bridgehead atoms. The molecule has 0 radical (unpaired) electrons. The predicted molar refractivity (Wildman–Crippen MR) is 131 cm³/mol. The Morgan fingerprint density at radius 1 is 0.912 bits per heavy atom. The second-order valence-corrected chi connectivity index (χ2v) is 8.58. The number of carbonyl (C=O) groups excluding carboxylic acids is 3. The maximum atomic E-state index is 12.7. The van der Waals surface area contributed by atoms with Crippen LogP contribution in [0.1, 0.15) is 42.1 Å². The fraction of sp³-hybridized carbons (Fsp3) is 0.385. The van der Waals surface area contributed by atoms with Gasteiger partial charge in [0.05, 0.1) is 13.2 Å². The van der Waals surface area contributed by atoms with Gasteiger partial charge in [0.2, 0.25) is 0 Å².